The minimum Gasteiger partial charge on any atom is -0.0690 e. The smallest absolute Gasteiger partial charge is 0.0534 e. The maximum Gasteiger partial charge on any atom is 0.0534 e. The van der Waals surface area contributed by atoms with E-state index < -0.39 is 24.2 Å². The van der Waals surface area contributed by atoms with Crippen molar-refractivity contribution >= 4 is 24.2 Å². The van der Waals surface area contributed by atoms with Crippen LogP contribution in [0.15, 0.2) is 0 Å². The van der Waals surface area contributed by atoms with Gasteiger partial charge in [-0.25, -0.2) is 0 Å². The second-order valence-electron chi connectivity index (χ2n) is 9.75. The van der Waals surface area contributed by atoms with Gasteiger partial charge in [-0.05, 0) is 14.0 Å². The maximum atomic E-state index is 2.69. The minimum absolute atomic E-state index is 0.607. The summed E-state index contributed by atoms with van der Waals surface area (Å²) in [4.78, 5) is 0. The van der Waals surface area contributed by atoms with Crippen LogP contribution in [0.4, 0.5) is 0 Å². The molecule has 0 atom stereocenters. The molecule has 0 amide bonds. The summed E-state index contributed by atoms with van der Waals surface area (Å²) in [6.07, 6.45) is 0. The molecule has 1 saturated heterocycles. The van der Waals surface area contributed by atoms with Gasteiger partial charge in [0.15, 0.2) is 0 Å². The first-order valence-corrected chi connectivity index (χ1v) is 16.5. The molecule has 1 aliphatic rings. The summed E-state index contributed by atoms with van der Waals surface area (Å²) in [5, 5.41) is 0. The summed E-state index contributed by atoms with van der Waals surface area (Å²) < 4.78 is 1.82. The summed E-state index contributed by atoms with van der Waals surface area (Å²) in [5.41, 5.74) is 0. The van der Waals surface area contributed by atoms with Gasteiger partial charge in [0.25, 0.3) is 0 Å². The molecule has 0 spiro atoms. The number of hydrogen-bond acceptors (Lipinski definition) is 0. The quantitative estimate of drug-likeness (QED) is 0.475. The molecule has 3 heteroatoms. The van der Waals surface area contributed by atoms with Gasteiger partial charge in [0.1, 0.15) is 0 Å². The predicted octanol–water partition coefficient (Wildman–Crippen LogP) is 6.08. The van der Waals surface area contributed by atoms with Crippen molar-refractivity contribution in [2.75, 3.05) is 0 Å². The van der Waals surface area contributed by atoms with Gasteiger partial charge in [0.05, 0.1) is 24.2 Å². The summed E-state index contributed by atoms with van der Waals surface area (Å²) in [6.45, 7) is 31.9. The average Bonchev–Trinajstić information content (AvgIpc) is 2.14. The molecule has 0 bridgehead atoms. The Labute approximate surface area is 119 Å². The van der Waals surface area contributed by atoms with E-state index in [4.69, 9.17) is 0 Å². The average molecular weight is 301 g/mol. The molecule has 0 nitrogen and oxygen atoms in total. The monoisotopic (exact) mass is 300 g/mol. The molecule has 108 valence electrons. The Bertz CT molecular complexity index is 243. The van der Waals surface area contributed by atoms with Gasteiger partial charge in [-0.1, -0.05) is 80.8 Å². The van der Waals surface area contributed by atoms with Crippen LogP contribution in [0.5, 0.6) is 0 Å². The third-order valence-corrected chi connectivity index (χ3v) is 39.4. The highest BCUT2D eigenvalue weighted by molar-refractivity contribution is 7.19. The van der Waals surface area contributed by atoms with Crippen LogP contribution in [0.1, 0.15) is 41.5 Å². The summed E-state index contributed by atoms with van der Waals surface area (Å²) >= 11 is 0. The molecule has 0 N–H and O–H groups in total. The molecule has 1 aliphatic heterocycles. The Kier molecular flexibility index (Phi) is 3.38. The molecule has 1 rings (SSSR count). The van der Waals surface area contributed by atoms with Crippen LogP contribution in [-0.4, -0.2) is 24.2 Å². The molecular formula is C15H36Si3. The van der Waals surface area contributed by atoms with Gasteiger partial charge < -0.3 is 0 Å². The van der Waals surface area contributed by atoms with Gasteiger partial charge in [-0.3, -0.25) is 0 Å². The fourth-order valence-electron chi connectivity index (χ4n) is 4.69. The highest BCUT2D eigenvalue weighted by Crippen LogP contribution is 2.73. The lowest BCUT2D eigenvalue weighted by Gasteiger charge is -2.74. The molecule has 0 unspecified atom stereocenters. The van der Waals surface area contributed by atoms with E-state index in [9.17, 15) is 0 Å². The highest BCUT2D eigenvalue weighted by Gasteiger charge is 2.73. The molecule has 0 radical (unpaired) electrons. The predicted molar refractivity (Wildman–Crippen MR) is 94.6 cm³/mol. The Morgan fingerprint density at radius 1 is 0.389 bits per heavy atom. The van der Waals surface area contributed by atoms with E-state index in [0.717, 1.165) is 0 Å². The van der Waals surface area contributed by atoms with Crippen molar-refractivity contribution in [3.8, 4) is 0 Å². The van der Waals surface area contributed by atoms with Crippen LogP contribution in [0.3, 0.4) is 0 Å². The van der Waals surface area contributed by atoms with Crippen molar-refractivity contribution < 1.29 is 0 Å². The number of hydrogen-bond donors (Lipinski definition) is 0. The van der Waals surface area contributed by atoms with Gasteiger partial charge in [0.2, 0.25) is 0 Å². The molecule has 1 fully saturated rings. The van der Waals surface area contributed by atoms with E-state index in [2.05, 4.69) is 80.8 Å². The van der Waals surface area contributed by atoms with E-state index in [1.54, 1.807) is 0 Å². The largest absolute Gasteiger partial charge is 0.0690 e. The molecule has 0 aromatic heterocycles. The van der Waals surface area contributed by atoms with Crippen molar-refractivity contribution in [2.45, 2.75) is 94.8 Å². The lowest BCUT2D eigenvalue weighted by atomic mass is 10.5. The first kappa shape index (κ1) is 16.7. The van der Waals surface area contributed by atoms with Crippen LogP contribution in [0.2, 0.25) is 53.3 Å². The van der Waals surface area contributed by atoms with Crippen molar-refractivity contribution in [2.24, 2.45) is 0 Å². The SMILES string of the molecule is CC1(C)[Si](C)(C)C(C)(C)[Si](C)(C)C(C)(C)[Si]1(C)C. The van der Waals surface area contributed by atoms with Gasteiger partial charge in [-0.15, -0.1) is 0 Å². The molecular weight excluding hydrogens is 264 g/mol. The van der Waals surface area contributed by atoms with Gasteiger partial charge in [-0.2, -0.15) is 0 Å². The molecule has 1 heterocycles. The van der Waals surface area contributed by atoms with Crippen LogP contribution in [0, 0.1) is 0 Å². The molecule has 0 saturated carbocycles. The lowest BCUT2D eigenvalue weighted by Crippen LogP contribution is -2.78. The third kappa shape index (κ3) is 1.37. The van der Waals surface area contributed by atoms with E-state index in [0.29, 0.717) is 14.0 Å². The first-order chi connectivity index (χ1) is 7.50. The topological polar surface area (TPSA) is 0 Å². The Morgan fingerprint density at radius 2 is 0.500 bits per heavy atom. The van der Waals surface area contributed by atoms with E-state index >= 15 is 0 Å². The summed E-state index contributed by atoms with van der Waals surface area (Å²) in [5.74, 6) is 0. The van der Waals surface area contributed by atoms with E-state index in [1.165, 1.54) is 0 Å². The van der Waals surface area contributed by atoms with Gasteiger partial charge >= 0.3 is 0 Å². The van der Waals surface area contributed by atoms with E-state index in [-0.39, 0.29) is 0 Å². The fourth-order valence-corrected chi connectivity index (χ4v) is 34.9. The second-order valence-corrected chi connectivity index (χ2v) is 28.5. The molecule has 0 aromatic rings. The highest BCUT2D eigenvalue weighted by atomic mass is 28.5. The zero-order valence-electron chi connectivity index (χ0n) is 15.0. The Balaban J connectivity index is 3.72. The third-order valence-electron chi connectivity index (χ3n) is 9.38. The lowest BCUT2D eigenvalue weighted by molar-refractivity contribution is 0.648. The Hall–Kier alpha value is 0.651. The fraction of sp³-hybridized carbons (Fsp3) is 1.00. The van der Waals surface area contributed by atoms with E-state index in [1.807, 2.05) is 0 Å². The molecule has 18 heavy (non-hydrogen) atoms. The van der Waals surface area contributed by atoms with Crippen LogP contribution < -0.4 is 0 Å². The summed E-state index contributed by atoms with van der Waals surface area (Å²) in [7, 11) is -3.85. The summed E-state index contributed by atoms with van der Waals surface area (Å²) in [6, 6.07) is 0. The van der Waals surface area contributed by atoms with Crippen LogP contribution >= 0.6 is 0 Å². The minimum atomic E-state index is -1.28. The standard InChI is InChI=1S/C15H36Si3/c1-13(2)16(7,8)14(3,4)18(11,12)15(5,6)17(13,9)10/h1-12H3. The zero-order chi connectivity index (χ0) is 15.0. The molecule has 0 aliphatic carbocycles. The normalized spacial score (nSPS) is 34.0. The first-order valence-electron chi connectivity index (χ1n) is 7.50. The van der Waals surface area contributed by atoms with Crippen LogP contribution in [0.25, 0.3) is 0 Å². The molecule has 0 aromatic carbocycles. The Morgan fingerprint density at radius 3 is 0.611 bits per heavy atom. The van der Waals surface area contributed by atoms with Crippen molar-refractivity contribution in [1.82, 2.24) is 0 Å². The van der Waals surface area contributed by atoms with Crippen molar-refractivity contribution in [3.63, 3.8) is 0 Å². The van der Waals surface area contributed by atoms with Crippen molar-refractivity contribution in [1.29, 1.82) is 0 Å². The maximum absolute atomic E-state index is 2.69. The van der Waals surface area contributed by atoms with Gasteiger partial charge in [0, 0.05) is 0 Å². The number of rotatable bonds is 0. The second kappa shape index (κ2) is 3.64. The van der Waals surface area contributed by atoms with Crippen LogP contribution in [-0.2, 0) is 0 Å². The van der Waals surface area contributed by atoms with Crippen molar-refractivity contribution in [3.05, 3.63) is 0 Å². The zero-order valence-corrected chi connectivity index (χ0v) is 18.0.